The minimum atomic E-state index is 0.0935. The second kappa shape index (κ2) is 6.78. The predicted molar refractivity (Wildman–Crippen MR) is 89.1 cm³/mol. The van der Waals surface area contributed by atoms with Gasteiger partial charge in [-0.25, -0.2) is 0 Å². The van der Waals surface area contributed by atoms with Gasteiger partial charge < -0.3 is 10.1 Å². The normalized spacial score (nSPS) is 21.2. The van der Waals surface area contributed by atoms with E-state index < -0.39 is 0 Å². The minimum Gasteiger partial charge on any atom is -0.372 e. The molecule has 0 saturated carbocycles. The molecule has 4 heteroatoms. The lowest BCUT2D eigenvalue weighted by molar-refractivity contribution is 0.0985. The van der Waals surface area contributed by atoms with Crippen LogP contribution in [0.4, 0.5) is 0 Å². The van der Waals surface area contributed by atoms with Gasteiger partial charge in [0.2, 0.25) is 0 Å². The van der Waals surface area contributed by atoms with Gasteiger partial charge in [-0.2, -0.15) is 0 Å². The summed E-state index contributed by atoms with van der Waals surface area (Å²) in [6.45, 7) is 5.69. The lowest BCUT2D eigenvalue weighted by Gasteiger charge is -2.21. The molecule has 1 aromatic heterocycles. The molecule has 0 unspecified atom stereocenters. The molecule has 0 radical (unpaired) electrons. The Kier molecular flexibility index (Phi) is 4.77. The van der Waals surface area contributed by atoms with Gasteiger partial charge in [0.1, 0.15) is 0 Å². The summed E-state index contributed by atoms with van der Waals surface area (Å²) in [6, 6.07) is 12.5. The molecule has 3 rings (SSSR count). The number of aromatic nitrogens is 1. The van der Waals surface area contributed by atoms with Crippen LogP contribution in [0, 0.1) is 13.8 Å². The molecule has 1 aliphatic rings. The first kappa shape index (κ1) is 15.5. The molecule has 2 heterocycles. The summed E-state index contributed by atoms with van der Waals surface area (Å²) in [7, 11) is 0. The molecule has 22 heavy (non-hydrogen) atoms. The maximum absolute atomic E-state index is 5.96. The number of nitrogens with one attached hydrogen (secondary N) is 1. The van der Waals surface area contributed by atoms with Gasteiger partial charge in [-0.3, -0.25) is 4.98 Å². The standard InChI is InChI=1S/C18H21ClN2O/c1-12-3-4-15(13(2)21-12)11-20-17-9-10-22-18(17)14-5-7-16(19)8-6-14/h3-8,17-18,20H,9-11H2,1-2H3/t17-,18+/m1/s1. The third-order valence-electron chi connectivity index (χ3n) is 4.18. The van der Waals surface area contributed by atoms with Crippen molar-refractivity contribution in [2.75, 3.05) is 6.61 Å². The Morgan fingerprint density at radius 3 is 2.68 bits per heavy atom. The monoisotopic (exact) mass is 316 g/mol. The highest BCUT2D eigenvalue weighted by Gasteiger charge is 2.29. The van der Waals surface area contributed by atoms with Crippen LogP contribution >= 0.6 is 11.6 Å². The average Bonchev–Trinajstić information content (AvgIpc) is 2.95. The summed E-state index contributed by atoms with van der Waals surface area (Å²) in [6.07, 6.45) is 1.11. The predicted octanol–water partition coefficient (Wildman–Crippen LogP) is 3.97. The minimum absolute atomic E-state index is 0.0935. The number of nitrogens with zero attached hydrogens (tertiary/aromatic N) is 1. The van der Waals surface area contributed by atoms with Gasteiger partial charge in [0.25, 0.3) is 0 Å². The topological polar surface area (TPSA) is 34.1 Å². The van der Waals surface area contributed by atoms with Gasteiger partial charge in [-0.05, 0) is 49.6 Å². The molecular formula is C18H21ClN2O. The van der Waals surface area contributed by atoms with Gasteiger partial charge in [-0.1, -0.05) is 29.8 Å². The highest BCUT2D eigenvalue weighted by Crippen LogP contribution is 2.30. The third kappa shape index (κ3) is 3.49. The van der Waals surface area contributed by atoms with Crippen LogP contribution in [-0.4, -0.2) is 17.6 Å². The Bertz CT molecular complexity index is 642. The van der Waals surface area contributed by atoms with E-state index in [9.17, 15) is 0 Å². The van der Waals surface area contributed by atoms with Crippen LogP contribution in [0.3, 0.4) is 0 Å². The second-order valence-electron chi connectivity index (χ2n) is 5.82. The summed E-state index contributed by atoms with van der Waals surface area (Å²) in [5.41, 5.74) is 4.57. The zero-order valence-corrected chi connectivity index (χ0v) is 13.7. The number of hydrogen-bond acceptors (Lipinski definition) is 3. The van der Waals surface area contributed by atoms with Gasteiger partial charge >= 0.3 is 0 Å². The fourth-order valence-corrected chi connectivity index (χ4v) is 3.05. The van der Waals surface area contributed by atoms with Crippen molar-refractivity contribution < 1.29 is 4.74 Å². The van der Waals surface area contributed by atoms with E-state index in [0.29, 0.717) is 6.04 Å². The summed E-state index contributed by atoms with van der Waals surface area (Å²) >= 11 is 5.96. The molecule has 1 aromatic carbocycles. The first-order valence-electron chi connectivity index (χ1n) is 7.67. The third-order valence-corrected chi connectivity index (χ3v) is 4.43. The maximum Gasteiger partial charge on any atom is 0.0978 e. The van der Waals surface area contributed by atoms with Crippen molar-refractivity contribution in [2.45, 2.75) is 39.0 Å². The Labute approximate surface area is 136 Å². The highest BCUT2D eigenvalue weighted by molar-refractivity contribution is 6.30. The molecule has 116 valence electrons. The molecule has 1 fully saturated rings. The van der Waals surface area contributed by atoms with Crippen LogP contribution in [0.15, 0.2) is 36.4 Å². The molecule has 0 spiro atoms. The fraction of sp³-hybridized carbons (Fsp3) is 0.389. The largest absolute Gasteiger partial charge is 0.372 e. The summed E-state index contributed by atoms with van der Waals surface area (Å²) < 4.78 is 5.91. The van der Waals surface area contributed by atoms with Crippen molar-refractivity contribution in [1.82, 2.24) is 10.3 Å². The van der Waals surface area contributed by atoms with Gasteiger partial charge in [-0.15, -0.1) is 0 Å². The molecule has 0 amide bonds. The number of benzene rings is 1. The number of aryl methyl sites for hydroxylation is 2. The lowest BCUT2D eigenvalue weighted by atomic mass is 10.0. The van der Waals surface area contributed by atoms with E-state index in [0.717, 1.165) is 36.0 Å². The van der Waals surface area contributed by atoms with E-state index >= 15 is 0 Å². The number of rotatable bonds is 4. The van der Waals surface area contributed by atoms with Gasteiger partial charge in [0.05, 0.1) is 6.10 Å². The lowest BCUT2D eigenvalue weighted by Crippen LogP contribution is -2.31. The maximum atomic E-state index is 5.96. The van der Waals surface area contributed by atoms with Crippen molar-refractivity contribution in [3.63, 3.8) is 0 Å². The highest BCUT2D eigenvalue weighted by atomic mass is 35.5. The summed E-state index contributed by atoms with van der Waals surface area (Å²) in [4.78, 5) is 4.52. The number of halogens is 1. The molecule has 2 aromatic rings. The van der Waals surface area contributed by atoms with Crippen LogP contribution in [0.1, 0.15) is 35.0 Å². The van der Waals surface area contributed by atoms with Crippen molar-refractivity contribution in [1.29, 1.82) is 0 Å². The quantitative estimate of drug-likeness (QED) is 0.926. The number of pyridine rings is 1. The zero-order chi connectivity index (χ0) is 15.5. The molecule has 1 saturated heterocycles. The number of hydrogen-bond donors (Lipinski definition) is 1. The van der Waals surface area contributed by atoms with Gasteiger partial charge in [0, 0.05) is 35.6 Å². The van der Waals surface area contributed by atoms with E-state index in [4.69, 9.17) is 16.3 Å². The van der Waals surface area contributed by atoms with Crippen LogP contribution in [0.25, 0.3) is 0 Å². The molecule has 1 N–H and O–H groups in total. The van der Waals surface area contributed by atoms with Crippen LogP contribution in [-0.2, 0) is 11.3 Å². The molecule has 3 nitrogen and oxygen atoms in total. The van der Waals surface area contributed by atoms with Crippen molar-refractivity contribution in [3.8, 4) is 0 Å². The van der Waals surface area contributed by atoms with Crippen molar-refractivity contribution in [3.05, 3.63) is 63.9 Å². The van der Waals surface area contributed by atoms with Crippen LogP contribution in [0.5, 0.6) is 0 Å². The van der Waals surface area contributed by atoms with Crippen LogP contribution < -0.4 is 5.32 Å². The molecule has 0 bridgehead atoms. The first-order valence-corrected chi connectivity index (χ1v) is 8.05. The summed E-state index contributed by atoms with van der Waals surface area (Å²) in [5, 5.41) is 4.38. The van der Waals surface area contributed by atoms with E-state index in [1.807, 2.05) is 31.2 Å². The van der Waals surface area contributed by atoms with E-state index in [2.05, 4.69) is 29.4 Å². The fourth-order valence-electron chi connectivity index (χ4n) is 2.92. The molecular weight excluding hydrogens is 296 g/mol. The number of ether oxygens (including phenoxy) is 1. The van der Waals surface area contributed by atoms with Crippen molar-refractivity contribution >= 4 is 11.6 Å². The molecule has 0 aliphatic carbocycles. The Morgan fingerprint density at radius 2 is 1.95 bits per heavy atom. The van der Waals surface area contributed by atoms with Gasteiger partial charge in [0.15, 0.2) is 0 Å². The first-order chi connectivity index (χ1) is 10.6. The Hall–Kier alpha value is -1.42. The zero-order valence-electron chi connectivity index (χ0n) is 13.0. The van der Waals surface area contributed by atoms with E-state index in [1.54, 1.807) is 0 Å². The molecule has 2 atom stereocenters. The summed E-state index contributed by atoms with van der Waals surface area (Å²) in [5.74, 6) is 0. The Morgan fingerprint density at radius 1 is 1.18 bits per heavy atom. The van der Waals surface area contributed by atoms with E-state index in [-0.39, 0.29) is 6.10 Å². The van der Waals surface area contributed by atoms with Crippen LogP contribution in [0.2, 0.25) is 5.02 Å². The molecule has 1 aliphatic heterocycles. The van der Waals surface area contributed by atoms with E-state index in [1.165, 1.54) is 11.1 Å². The Balaban J connectivity index is 1.67. The SMILES string of the molecule is Cc1ccc(CN[C@@H]2CCO[C@H]2c2ccc(Cl)cc2)c(C)n1. The average molecular weight is 317 g/mol. The second-order valence-corrected chi connectivity index (χ2v) is 6.25. The van der Waals surface area contributed by atoms with Crippen molar-refractivity contribution in [2.24, 2.45) is 0 Å². The smallest absolute Gasteiger partial charge is 0.0978 e.